The minimum Gasteiger partial charge on any atom is -0.475 e. The normalized spacial score (nSPS) is 17.6. The molecule has 0 spiro atoms. The summed E-state index contributed by atoms with van der Waals surface area (Å²) < 4.78 is 180. The quantitative estimate of drug-likeness (QED) is 0.112. The number of nitrogens with zero attached hydrogens (tertiary/aromatic N) is 8. The molecule has 5 N–H and O–H groups in total. The number of likely N-dealkylation sites (tertiary alicyclic amines) is 1. The van der Waals surface area contributed by atoms with Crippen molar-refractivity contribution in [2.75, 3.05) is 19.6 Å². The van der Waals surface area contributed by atoms with E-state index < -0.39 is 79.3 Å². The number of hydrogen-bond acceptors (Lipinski definition) is 12. The fraction of sp³-hybridized carbons (Fsp3) is 0.500. The summed E-state index contributed by atoms with van der Waals surface area (Å²) in [4.78, 5) is 47.5. The molecule has 0 atom stereocenters. The van der Waals surface area contributed by atoms with E-state index in [4.69, 9.17) is 34.4 Å². The number of nitrogens with one attached hydrogen (secondary N) is 2. The van der Waals surface area contributed by atoms with Gasteiger partial charge in [0.05, 0.1) is 36.6 Å². The fourth-order valence-electron chi connectivity index (χ4n) is 6.04. The SMILES string of the molecule is N#CCC1(n2cc(-c3ncnc4[nH]ccc34)cn2)CN(C2CCC(Oc3cc(CNCC(F)(F)F)nc(C(F)(F)F)n3)CC2)C1.O=C(O)C(F)(F)F.O=C(O)C(F)(F)F.O=C(O)C(F)(F)F. The lowest BCUT2D eigenvalue weighted by Gasteiger charge is -2.53. The van der Waals surface area contributed by atoms with Gasteiger partial charge in [-0.05, 0) is 31.7 Å². The largest absolute Gasteiger partial charge is 0.490 e. The van der Waals surface area contributed by atoms with Gasteiger partial charge in [0.15, 0.2) is 0 Å². The number of aliphatic carboxylic acids is 3. The first-order chi connectivity index (χ1) is 30.3. The average molecular weight is 977 g/mol. The third-order valence-corrected chi connectivity index (χ3v) is 8.91. The zero-order valence-electron chi connectivity index (χ0n) is 32.7. The molecule has 6 rings (SSSR count). The lowest BCUT2D eigenvalue weighted by molar-refractivity contribution is -0.193. The lowest BCUT2D eigenvalue weighted by atomic mass is 9.82. The number of alkyl halides is 15. The second kappa shape index (κ2) is 21.2. The Bertz CT molecular complexity index is 2250. The molecule has 17 nitrogen and oxygen atoms in total. The summed E-state index contributed by atoms with van der Waals surface area (Å²) in [5.41, 5.74) is 1.51. The lowest BCUT2D eigenvalue weighted by Crippen LogP contribution is -2.65. The van der Waals surface area contributed by atoms with Crippen molar-refractivity contribution in [1.29, 1.82) is 5.26 Å². The van der Waals surface area contributed by atoms with Crippen LogP contribution >= 0.6 is 0 Å². The van der Waals surface area contributed by atoms with Crippen LogP contribution in [-0.2, 0) is 32.6 Å². The van der Waals surface area contributed by atoms with Gasteiger partial charge in [-0.2, -0.15) is 81.2 Å². The van der Waals surface area contributed by atoms with Crippen molar-refractivity contribution in [3.05, 3.63) is 48.6 Å². The van der Waals surface area contributed by atoms with Crippen molar-refractivity contribution in [3.63, 3.8) is 0 Å². The highest BCUT2D eigenvalue weighted by atomic mass is 19.4. The summed E-state index contributed by atoms with van der Waals surface area (Å²) in [6.07, 6.45) is -15.4. The second-order valence-electron chi connectivity index (χ2n) is 13.8. The maximum Gasteiger partial charge on any atom is 0.490 e. The van der Waals surface area contributed by atoms with Gasteiger partial charge in [-0.3, -0.25) is 9.58 Å². The number of aromatic amines is 1. The van der Waals surface area contributed by atoms with Gasteiger partial charge in [0.2, 0.25) is 11.7 Å². The van der Waals surface area contributed by atoms with Crippen molar-refractivity contribution in [2.24, 2.45) is 0 Å². The molecule has 0 aromatic carbocycles. The molecule has 364 valence electrons. The molecule has 1 saturated carbocycles. The molecule has 4 aromatic heterocycles. The number of nitriles is 1. The van der Waals surface area contributed by atoms with E-state index in [-0.39, 0.29) is 24.0 Å². The number of fused-ring (bicyclic) bond motifs is 1. The maximum absolute atomic E-state index is 13.4. The summed E-state index contributed by atoms with van der Waals surface area (Å²) in [5, 5.41) is 38.5. The van der Waals surface area contributed by atoms with Crippen molar-refractivity contribution in [3.8, 4) is 23.2 Å². The van der Waals surface area contributed by atoms with Gasteiger partial charge < -0.3 is 30.4 Å². The smallest absolute Gasteiger partial charge is 0.475 e. The Kier molecular flexibility index (Phi) is 17.3. The maximum atomic E-state index is 13.4. The van der Waals surface area contributed by atoms with Gasteiger partial charge in [0.1, 0.15) is 23.6 Å². The number of ether oxygens (including phenoxy) is 1. The Labute approximate surface area is 358 Å². The molecule has 66 heavy (non-hydrogen) atoms. The Morgan fingerprint density at radius 3 is 1.88 bits per heavy atom. The van der Waals surface area contributed by atoms with Crippen molar-refractivity contribution >= 4 is 28.9 Å². The first kappa shape index (κ1) is 53.8. The zero-order chi connectivity index (χ0) is 50.1. The number of halogens is 15. The summed E-state index contributed by atoms with van der Waals surface area (Å²) >= 11 is 0. The van der Waals surface area contributed by atoms with Crippen molar-refractivity contribution < 1.29 is 100 Å². The highest BCUT2D eigenvalue weighted by Crippen LogP contribution is 2.39. The number of carbonyl (C=O) groups is 3. The van der Waals surface area contributed by atoms with Gasteiger partial charge in [-0.1, -0.05) is 0 Å². The van der Waals surface area contributed by atoms with Crippen LogP contribution in [0, 0.1) is 11.3 Å². The van der Waals surface area contributed by atoms with Crippen molar-refractivity contribution in [1.82, 2.24) is 44.9 Å². The van der Waals surface area contributed by atoms with E-state index in [0.29, 0.717) is 44.4 Å². The van der Waals surface area contributed by atoms with E-state index in [1.165, 1.54) is 6.33 Å². The third kappa shape index (κ3) is 15.9. The molecule has 1 aliphatic heterocycles. The molecular weight excluding hydrogens is 945 g/mol. The van der Waals surface area contributed by atoms with E-state index in [0.717, 1.165) is 22.7 Å². The molecule has 0 radical (unpaired) electrons. The summed E-state index contributed by atoms with van der Waals surface area (Å²) in [6, 6.07) is 5.51. The zero-order valence-corrected chi connectivity index (χ0v) is 32.7. The molecule has 0 unspecified atom stereocenters. The predicted molar refractivity (Wildman–Crippen MR) is 187 cm³/mol. The number of rotatable bonds is 9. The first-order valence-corrected chi connectivity index (χ1v) is 18.0. The van der Waals surface area contributed by atoms with Gasteiger partial charge >= 0.3 is 48.8 Å². The molecule has 0 bridgehead atoms. The average Bonchev–Trinajstić information content (AvgIpc) is 3.86. The van der Waals surface area contributed by atoms with Crippen LogP contribution < -0.4 is 10.1 Å². The second-order valence-corrected chi connectivity index (χ2v) is 13.8. The number of H-pyrrole nitrogens is 1. The predicted octanol–water partition coefficient (Wildman–Crippen LogP) is 6.50. The van der Waals surface area contributed by atoms with Crippen LogP contribution in [0.15, 0.2) is 37.1 Å². The van der Waals surface area contributed by atoms with Gasteiger partial charge in [-0.25, -0.2) is 29.3 Å². The van der Waals surface area contributed by atoms with Gasteiger partial charge in [0, 0.05) is 55.1 Å². The minimum atomic E-state index is -5.08. The number of hydrogen-bond donors (Lipinski definition) is 5. The van der Waals surface area contributed by atoms with Crippen LogP contribution in [0.2, 0.25) is 0 Å². The van der Waals surface area contributed by atoms with Crippen LogP contribution in [0.4, 0.5) is 65.9 Å². The molecule has 2 fully saturated rings. The Hall–Kier alpha value is -6.52. The minimum absolute atomic E-state index is 0.186. The van der Waals surface area contributed by atoms with E-state index >= 15 is 0 Å². The van der Waals surface area contributed by atoms with Crippen LogP contribution in [0.5, 0.6) is 5.88 Å². The monoisotopic (exact) mass is 976 g/mol. The molecule has 1 aliphatic carbocycles. The molecule has 5 heterocycles. The van der Waals surface area contributed by atoms with Gasteiger partial charge in [-0.15, -0.1) is 0 Å². The summed E-state index contributed by atoms with van der Waals surface area (Å²) in [7, 11) is 0. The topological polar surface area (TPSA) is 245 Å². The molecule has 4 aromatic rings. The highest BCUT2D eigenvalue weighted by Gasteiger charge is 2.48. The van der Waals surface area contributed by atoms with E-state index in [2.05, 4.69) is 41.0 Å². The van der Waals surface area contributed by atoms with Crippen LogP contribution in [0.3, 0.4) is 0 Å². The van der Waals surface area contributed by atoms with Crippen molar-refractivity contribution in [2.45, 2.75) is 87.2 Å². The number of carboxylic acids is 3. The van der Waals surface area contributed by atoms with Crippen LogP contribution in [0.1, 0.15) is 43.6 Å². The van der Waals surface area contributed by atoms with Crippen LogP contribution in [0.25, 0.3) is 22.3 Å². The summed E-state index contributed by atoms with van der Waals surface area (Å²) in [5.74, 6) is -10.1. The molecule has 32 heteroatoms. The van der Waals surface area contributed by atoms with E-state index in [1.807, 2.05) is 22.3 Å². The fourth-order valence-corrected chi connectivity index (χ4v) is 6.04. The first-order valence-electron chi connectivity index (χ1n) is 18.0. The van der Waals surface area contributed by atoms with E-state index in [1.54, 1.807) is 12.4 Å². The van der Waals surface area contributed by atoms with Crippen LogP contribution in [-0.4, -0.2) is 129 Å². The molecular formula is C34H31F15N10O7. The molecule has 1 saturated heterocycles. The summed E-state index contributed by atoms with van der Waals surface area (Å²) in [6.45, 7) is -0.682. The Morgan fingerprint density at radius 2 is 1.39 bits per heavy atom. The Balaban J connectivity index is 0.000000457. The molecule has 0 amide bonds. The highest BCUT2D eigenvalue weighted by molar-refractivity contribution is 5.90. The Morgan fingerprint density at radius 1 is 0.848 bits per heavy atom. The number of carboxylic acid groups (broad SMARTS) is 3. The third-order valence-electron chi connectivity index (χ3n) is 8.91. The van der Waals surface area contributed by atoms with E-state index in [9.17, 15) is 71.1 Å². The van der Waals surface area contributed by atoms with Gasteiger partial charge in [0.25, 0.3) is 0 Å². The standard InChI is InChI=1S/C28H28F6N10O.3C2HF3O2/c29-27(30,31)13-36-11-18-9-22(42-25(41-18)28(32,33)34)45-20-3-1-19(2-4-20)43-14-26(15-43,6-7-35)44-12-17(10-40-44)23-21-5-8-37-24(21)39-16-38-23;3*3-2(4,5)1(6)7/h5,8-10,12,16,19-20,36H,1-4,6,11,13-15H2,(H,37,38,39);3*(H,6,7). The number of aromatic nitrogens is 7. The molecule has 2 aliphatic rings.